The van der Waals surface area contributed by atoms with Gasteiger partial charge in [-0.25, -0.2) is 4.57 Å². The Hall–Kier alpha value is 0.410. The summed E-state index contributed by atoms with van der Waals surface area (Å²) in [5.74, 6) is 0. The van der Waals surface area contributed by atoms with Gasteiger partial charge in [-0.15, -0.1) is 0 Å². The molecule has 0 amide bonds. The number of hydrogen-bond donors (Lipinski definition) is 1. The van der Waals surface area contributed by atoms with Gasteiger partial charge in [0.15, 0.2) is 0 Å². The zero-order valence-corrected chi connectivity index (χ0v) is 10.4. The highest BCUT2D eigenvalue weighted by atomic mass is 31.2. The Balaban J connectivity index is 4.72. The van der Waals surface area contributed by atoms with Crippen molar-refractivity contribution in [2.45, 2.75) is 0 Å². The Morgan fingerprint density at radius 2 is 1.56 bits per heavy atom. The third kappa shape index (κ3) is 10.9. The van der Waals surface area contributed by atoms with E-state index in [0.717, 1.165) is 0 Å². The molecule has 0 aliphatic carbocycles. The molecule has 0 spiro atoms. The maximum absolute atomic E-state index is 10.5. The lowest BCUT2D eigenvalue weighted by molar-refractivity contribution is -0.315. The van der Waals surface area contributed by atoms with Crippen molar-refractivity contribution in [3.8, 4) is 0 Å². The summed E-state index contributed by atoms with van der Waals surface area (Å²) < 4.78 is 29.4. The van der Waals surface area contributed by atoms with Crippen LogP contribution in [0.4, 0.5) is 0 Å². The van der Waals surface area contributed by atoms with Gasteiger partial charge in [-0.3, -0.25) is 4.90 Å². The molecule has 2 unspecified atom stereocenters. The third-order valence-electron chi connectivity index (χ3n) is 1.14. The second-order valence-electron chi connectivity index (χ2n) is 3.04. The molecule has 10 nitrogen and oxygen atoms in total. The van der Waals surface area contributed by atoms with Crippen molar-refractivity contribution in [1.82, 2.24) is 4.90 Å². The van der Waals surface area contributed by atoms with Crippen molar-refractivity contribution < 1.29 is 43.1 Å². The van der Waals surface area contributed by atoms with E-state index in [4.69, 9.17) is 14.4 Å². The first-order valence-corrected chi connectivity index (χ1v) is 8.95. The average molecular weight is 297 g/mol. The lowest BCUT2D eigenvalue weighted by Gasteiger charge is -2.36. The van der Waals surface area contributed by atoms with Gasteiger partial charge in [0.05, 0.1) is 0 Å². The summed E-state index contributed by atoms with van der Waals surface area (Å²) in [6.45, 7) is 0. The van der Waals surface area contributed by atoms with E-state index >= 15 is 0 Å². The Morgan fingerprint density at radius 1 is 1.12 bits per heavy atom. The average Bonchev–Trinajstić information content (AvgIpc) is 1.70. The molecular weight excluding hydrogens is 287 g/mol. The number of hydrogen-bond acceptors (Lipinski definition) is 7. The molecule has 2 atom stereocenters. The monoisotopic (exact) mass is 297 g/mol. The fraction of sp³-hybridized carbons (Fsp3) is 1.00. The van der Waals surface area contributed by atoms with E-state index < -0.39 is 41.6 Å². The second kappa shape index (κ2) is 5.37. The van der Waals surface area contributed by atoms with E-state index in [-0.39, 0.29) is 4.90 Å². The highest BCUT2D eigenvalue weighted by Crippen LogP contribution is 2.38. The summed E-state index contributed by atoms with van der Waals surface area (Å²) in [6.07, 6.45) is -3.79. The van der Waals surface area contributed by atoms with Gasteiger partial charge in [0, 0.05) is 6.29 Å². The first-order valence-electron chi connectivity index (χ1n) is 3.62. The zero-order chi connectivity index (χ0) is 13.2. The molecule has 0 aliphatic rings. The van der Waals surface area contributed by atoms with Crippen LogP contribution in [0, 0.1) is 0 Å². The lowest BCUT2D eigenvalue weighted by atomic mass is 11.0. The number of nitrogens with zero attached hydrogens (tertiary/aromatic N) is 1. The first-order chi connectivity index (χ1) is 6.79. The van der Waals surface area contributed by atoms with Crippen LogP contribution in [-0.2, 0) is 9.13 Å². The van der Waals surface area contributed by atoms with Gasteiger partial charge in [-0.05, 0) is 0 Å². The van der Waals surface area contributed by atoms with Crippen molar-refractivity contribution in [3.05, 3.63) is 0 Å². The minimum absolute atomic E-state index is 0.211. The molecule has 0 fully saturated rings. The maximum Gasteiger partial charge on any atom is 0.315 e. The molecule has 16 heavy (non-hydrogen) atoms. The summed E-state index contributed by atoms with van der Waals surface area (Å²) in [4.78, 5) is 56.9. The molecule has 0 bridgehead atoms. The third-order valence-corrected chi connectivity index (χ3v) is 3.43. The number of rotatable bonds is 6. The maximum atomic E-state index is 10.5. The van der Waals surface area contributed by atoms with Crippen LogP contribution in [0.2, 0.25) is 0 Å². The Labute approximate surface area is 90.4 Å². The van der Waals surface area contributed by atoms with E-state index in [9.17, 15) is 28.7 Å². The molecule has 0 radical (unpaired) electrons. The summed E-state index contributed by atoms with van der Waals surface area (Å²) in [5.41, 5.74) is 0. The fourth-order valence-corrected chi connectivity index (χ4v) is 3.51. The van der Waals surface area contributed by atoms with Crippen molar-refractivity contribution in [2.24, 2.45) is 0 Å². The summed E-state index contributed by atoms with van der Waals surface area (Å²) in [5, 5.41) is 0. The summed E-state index contributed by atoms with van der Waals surface area (Å²) in [6, 6.07) is 0. The summed E-state index contributed by atoms with van der Waals surface area (Å²) in [7, 11) is -14.6. The van der Waals surface area contributed by atoms with Crippen molar-refractivity contribution in [1.29, 1.82) is 0 Å². The zero-order valence-electron chi connectivity index (χ0n) is 7.75. The predicted molar refractivity (Wildman–Crippen MR) is 46.3 cm³/mol. The molecule has 98 valence electrons. The molecule has 0 saturated heterocycles. The smallest absolute Gasteiger partial charge is 0.315 e. The predicted octanol–water partition coefficient (Wildman–Crippen LogP) is -4.16. The summed E-state index contributed by atoms with van der Waals surface area (Å²) >= 11 is 0. The molecular formula is C3H10NO9P3-2. The van der Waals surface area contributed by atoms with Gasteiger partial charge in [-0.1, -0.05) is 7.60 Å². The van der Waals surface area contributed by atoms with Gasteiger partial charge in [-0.2, -0.15) is 0 Å². The molecule has 0 heterocycles. The van der Waals surface area contributed by atoms with Crippen LogP contribution in [-0.4, -0.2) is 38.1 Å². The van der Waals surface area contributed by atoms with Crippen LogP contribution in [0.1, 0.15) is 0 Å². The Morgan fingerprint density at radius 3 is 1.81 bits per heavy atom. The molecule has 0 rings (SSSR count). The van der Waals surface area contributed by atoms with E-state index in [2.05, 4.69) is 0 Å². The molecule has 0 aromatic rings. The minimum atomic E-state index is -5.15. The Bertz CT molecular complexity index is 305. The molecule has 0 aromatic heterocycles. The van der Waals surface area contributed by atoms with Gasteiger partial charge < -0.3 is 38.5 Å². The quantitative estimate of drug-likeness (QED) is 0.376. The van der Waals surface area contributed by atoms with E-state index in [1.165, 1.54) is 0 Å². The van der Waals surface area contributed by atoms with Crippen molar-refractivity contribution in [3.63, 3.8) is 0 Å². The topological polar surface area (TPSA) is 194 Å². The van der Waals surface area contributed by atoms with Crippen molar-refractivity contribution in [2.75, 3.05) is 18.9 Å². The molecule has 0 saturated carbocycles. The molecule has 0 aliphatic heterocycles. The van der Waals surface area contributed by atoms with E-state index in [1.54, 1.807) is 0 Å². The normalized spacial score (nSPS) is 20.4. The first kappa shape index (κ1) is 16.4. The van der Waals surface area contributed by atoms with E-state index in [1.807, 2.05) is 0 Å². The van der Waals surface area contributed by atoms with Crippen molar-refractivity contribution >= 4 is 22.8 Å². The van der Waals surface area contributed by atoms with Crippen LogP contribution in [0.5, 0.6) is 0 Å². The fourth-order valence-electron chi connectivity index (χ4n) is 0.903. The van der Waals surface area contributed by atoms with Gasteiger partial charge in [0.2, 0.25) is 0 Å². The Kier molecular flexibility index (Phi) is 5.51. The van der Waals surface area contributed by atoms with Crippen LogP contribution in [0.25, 0.3) is 0 Å². The minimum Gasteiger partial charge on any atom is -0.810 e. The lowest BCUT2D eigenvalue weighted by Crippen LogP contribution is -2.35. The van der Waals surface area contributed by atoms with Crippen LogP contribution >= 0.6 is 22.8 Å². The molecule has 0 aromatic carbocycles. The highest BCUT2D eigenvalue weighted by Gasteiger charge is 2.23. The molecule has 4 N–H and O–H groups in total. The highest BCUT2D eigenvalue weighted by molar-refractivity contribution is 7.51. The van der Waals surface area contributed by atoms with Crippen LogP contribution in [0.15, 0.2) is 0 Å². The van der Waals surface area contributed by atoms with Gasteiger partial charge in [0.25, 0.3) is 7.60 Å². The van der Waals surface area contributed by atoms with Gasteiger partial charge >= 0.3 is 7.60 Å². The van der Waals surface area contributed by atoms with Crippen LogP contribution < -0.4 is 19.6 Å². The van der Waals surface area contributed by atoms with Gasteiger partial charge in [0.1, 0.15) is 12.6 Å². The largest absolute Gasteiger partial charge is 0.810 e. The van der Waals surface area contributed by atoms with Crippen LogP contribution in [0.3, 0.4) is 0 Å². The SMILES string of the molecule is O=P([O-])([O-])CN(CP(=O)([O-])[OH2+])CP([O-])(O)=[OH+]. The molecule has 13 heteroatoms. The second-order valence-corrected chi connectivity index (χ2v) is 7.79. The standard InChI is InChI=1S/C3H12NO9P3/c5-14(6,7)1-4(2-15(8,9)10)3-16(11,12)13/h1-3H2,(H2,5,6,7)(H2,8,9,10)(H2,11,12,13)/p-2. The van der Waals surface area contributed by atoms with E-state index in [0.29, 0.717) is 0 Å².